The molecule has 5 heteroatoms. The van der Waals surface area contributed by atoms with E-state index in [0.29, 0.717) is 6.42 Å². The van der Waals surface area contributed by atoms with E-state index < -0.39 is 0 Å². The van der Waals surface area contributed by atoms with Gasteiger partial charge in [0.1, 0.15) is 0 Å². The maximum atomic E-state index is 12.8. The number of carbonyl (C=O) groups is 1. The monoisotopic (exact) mass is 380 g/mol. The molecule has 5 nitrogen and oxygen atoms in total. The van der Waals surface area contributed by atoms with Gasteiger partial charge in [0.2, 0.25) is 0 Å². The van der Waals surface area contributed by atoms with E-state index in [2.05, 4.69) is 11.8 Å². The molecule has 0 aliphatic carbocycles. The van der Waals surface area contributed by atoms with Gasteiger partial charge in [0.15, 0.2) is 5.78 Å². The molecule has 1 aliphatic rings. The fraction of sp³-hybridized carbons (Fsp3) is 0.435. The fourth-order valence-corrected chi connectivity index (χ4v) is 4.02. The van der Waals surface area contributed by atoms with Gasteiger partial charge in [-0.25, -0.2) is 0 Å². The molecule has 2 aromatic carbocycles. The summed E-state index contributed by atoms with van der Waals surface area (Å²) in [5, 5.41) is 11.1. The molecular formula is C23H28N2O3. The van der Waals surface area contributed by atoms with Crippen molar-refractivity contribution < 1.29 is 9.72 Å². The van der Waals surface area contributed by atoms with Crippen molar-refractivity contribution in [3.05, 3.63) is 69.8 Å². The van der Waals surface area contributed by atoms with Gasteiger partial charge >= 0.3 is 0 Å². The van der Waals surface area contributed by atoms with Crippen molar-refractivity contribution in [1.29, 1.82) is 0 Å². The number of Topliss-reactive ketones (excluding diaryl/α,β-unsaturated/α-hetero) is 1. The summed E-state index contributed by atoms with van der Waals surface area (Å²) in [7, 11) is 0. The zero-order valence-electron chi connectivity index (χ0n) is 16.5. The number of nitrogens with zero attached hydrogens (tertiary/aromatic N) is 2. The first-order chi connectivity index (χ1) is 13.6. The van der Waals surface area contributed by atoms with Gasteiger partial charge in [-0.2, -0.15) is 0 Å². The average Bonchev–Trinajstić information content (AvgIpc) is 2.72. The Morgan fingerprint density at radius 2 is 1.93 bits per heavy atom. The van der Waals surface area contributed by atoms with E-state index in [4.69, 9.17) is 0 Å². The number of ketones is 1. The number of carbonyl (C=O) groups excluding carboxylic acids is 1. The van der Waals surface area contributed by atoms with Crippen LogP contribution in [0, 0.1) is 10.1 Å². The molecule has 0 amide bonds. The van der Waals surface area contributed by atoms with E-state index in [9.17, 15) is 14.9 Å². The lowest BCUT2D eigenvalue weighted by Crippen LogP contribution is -2.41. The molecule has 0 aromatic heterocycles. The largest absolute Gasteiger partial charge is 0.368 e. The third-order valence-corrected chi connectivity index (χ3v) is 5.54. The second-order valence-corrected chi connectivity index (χ2v) is 7.51. The SMILES string of the molecule is CCCCCCN1c2ccc([N+](=O)[O-])cc2CC[C@H]1CC(=O)c1ccccc1. The van der Waals surface area contributed by atoms with Crippen LogP contribution < -0.4 is 4.90 Å². The summed E-state index contributed by atoms with van der Waals surface area (Å²) < 4.78 is 0. The van der Waals surface area contributed by atoms with Crippen LogP contribution in [-0.4, -0.2) is 23.3 Å². The number of nitro groups is 1. The first kappa shape index (κ1) is 20.1. The van der Waals surface area contributed by atoms with Gasteiger partial charge in [0, 0.05) is 42.4 Å². The van der Waals surface area contributed by atoms with Gasteiger partial charge in [-0.3, -0.25) is 14.9 Å². The van der Waals surface area contributed by atoms with Crippen LogP contribution in [0.2, 0.25) is 0 Å². The van der Waals surface area contributed by atoms with Gasteiger partial charge < -0.3 is 4.90 Å². The van der Waals surface area contributed by atoms with Crippen LogP contribution in [0.25, 0.3) is 0 Å². The Bertz CT molecular complexity index is 820. The van der Waals surface area contributed by atoms with Crippen molar-refractivity contribution in [2.75, 3.05) is 11.4 Å². The zero-order valence-corrected chi connectivity index (χ0v) is 16.5. The quantitative estimate of drug-likeness (QED) is 0.247. The van der Waals surface area contributed by atoms with E-state index in [1.54, 1.807) is 12.1 Å². The van der Waals surface area contributed by atoms with Gasteiger partial charge in [-0.05, 0) is 30.9 Å². The Balaban J connectivity index is 1.80. The van der Waals surface area contributed by atoms with E-state index in [0.717, 1.165) is 49.0 Å². The van der Waals surface area contributed by atoms with Crippen molar-refractivity contribution in [2.24, 2.45) is 0 Å². The van der Waals surface area contributed by atoms with Crippen molar-refractivity contribution in [2.45, 2.75) is 57.9 Å². The predicted octanol–water partition coefficient (Wildman–Crippen LogP) is 5.57. The number of rotatable bonds is 9. The zero-order chi connectivity index (χ0) is 19.9. The number of hydrogen-bond donors (Lipinski definition) is 0. The molecule has 2 aromatic rings. The predicted molar refractivity (Wildman–Crippen MR) is 112 cm³/mol. The third-order valence-electron chi connectivity index (χ3n) is 5.54. The minimum atomic E-state index is -0.336. The summed E-state index contributed by atoms with van der Waals surface area (Å²) >= 11 is 0. The first-order valence-corrected chi connectivity index (χ1v) is 10.2. The summed E-state index contributed by atoms with van der Waals surface area (Å²) in [5.41, 5.74) is 2.97. The fourth-order valence-electron chi connectivity index (χ4n) is 4.02. The second kappa shape index (κ2) is 9.49. The minimum absolute atomic E-state index is 0.142. The Labute approximate surface area is 166 Å². The van der Waals surface area contributed by atoms with Crippen molar-refractivity contribution >= 4 is 17.2 Å². The molecule has 0 N–H and O–H groups in total. The molecule has 0 radical (unpaired) electrons. The summed E-state index contributed by atoms with van der Waals surface area (Å²) in [5.74, 6) is 0.162. The number of nitro benzene ring substituents is 1. The number of aryl methyl sites for hydroxylation is 1. The number of fused-ring (bicyclic) bond motifs is 1. The molecule has 1 atom stereocenters. The maximum Gasteiger partial charge on any atom is 0.269 e. The Morgan fingerprint density at radius 1 is 1.14 bits per heavy atom. The smallest absolute Gasteiger partial charge is 0.269 e. The Morgan fingerprint density at radius 3 is 2.64 bits per heavy atom. The highest BCUT2D eigenvalue weighted by Crippen LogP contribution is 2.35. The standard InChI is InChI=1S/C23H28N2O3/c1-2-3-4-8-15-24-20(17-23(26)18-9-6-5-7-10-18)12-11-19-16-21(25(27)28)13-14-22(19)24/h5-7,9-10,13-14,16,20H,2-4,8,11-12,15,17H2,1H3/t20-/m0/s1. The van der Waals surface area contributed by atoms with Crippen LogP contribution in [0.15, 0.2) is 48.5 Å². The lowest BCUT2D eigenvalue weighted by Gasteiger charge is -2.39. The topological polar surface area (TPSA) is 63.4 Å². The third kappa shape index (κ3) is 4.77. The lowest BCUT2D eigenvalue weighted by molar-refractivity contribution is -0.384. The minimum Gasteiger partial charge on any atom is -0.368 e. The molecule has 28 heavy (non-hydrogen) atoms. The molecule has 148 valence electrons. The first-order valence-electron chi connectivity index (χ1n) is 10.2. The number of anilines is 1. The Hall–Kier alpha value is -2.69. The normalized spacial score (nSPS) is 15.9. The van der Waals surface area contributed by atoms with Crippen molar-refractivity contribution in [3.8, 4) is 0 Å². The highest BCUT2D eigenvalue weighted by atomic mass is 16.6. The molecule has 0 saturated carbocycles. The summed E-state index contributed by atoms with van der Waals surface area (Å²) in [6, 6.07) is 14.7. The van der Waals surface area contributed by atoms with Gasteiger partial charge in [-0.1, -0.05) is 56.5 Å². The highest BCUT2D eigenvalue weighted by Gasteiger charge is 2.29. The summed E-state index contributed by atoms with van der Waals surface area (Å²) in [6.45, 7) is 3.08. The lowest BCUT2D eigenvalue weighted by atomic mass is 9.90. The molecule has 0 spiro atoms. The highest BCUT2D eigenvalue weighted by molar-refractivity contribution is 5.96. The molecule has 0 unspecified atom stereocenters. The number of unbranched alkanes of at least 4 members (excludes halogenated alkanes) is 3. The van der Waals surface area contributed by atoms with E-state index in [-0.39, 0.29) is 22.4 Å². The number of hydrogen-bond acceptors (Lipinski definition) is 4. The van der Waals surface area contributed by atoms with Crippen LogP contribution in [0.5, 0.6) is 0 Å². The second-order valence-electron chi connectivity index (χ2n) is 7.51. The summed E-state index contributed by atoms with van der Waals surface area (Å²) in [6.07, 6.45) is 6.71. The van der Waals surface area contributed by atoms with E-state index in [1.165, 1.54) is 12.8 Å². The molecule has 0 bridgehead atoms. The van der Waals surface area contributed by atoms with Gasteiger partial charge in [0.05, 0.1) is 4.92 Å². The van der Waals surface area contributed by atoms with Gasteiger partial charge in [-0.15, -0.1) is 0 Å². The van der Waals surface area contributed by atoms with E-state index >= 15 is 0 Å². The Kier molecular flexibility index (Phi) is 6.80. The number of benzene rings is 2. The van der Waals surface area contributed by atoms with Gasteiger partial charge in [0.25, 0.3) is 5.69 Å². The van der Waals surface area contributed by atoms with Crippen molar-refractivity contribution in [3.63, 3.8) is 0 Å². The van der Waals surface area contributed by atoms with Crippen LogP contribution in [-0.2, 0) is 6.42 Å². The van der Waals surface area contributed by atoms with Crippen LogP contribution in [0.4, 0.5) is 11.4 Å². The molecule has 3 rings (SSSR count). The van der Waals surface area contributed by atoms with Crippen LogP contribution in [0.1, 0.15) is 61.4 Å². The number of non-ortho nitro benzene ring substituents is 1. The molecule has 1 heterocycles. The molecule has 0 fully saturated rings. The average molecular weight is 380 g/mol. The molecule has 1 aliphatic heterocycles. The molecule has 0 saturated heterocycles. The van der Waals surface area contributed by atoms with Crippen LogP contribution in [0.3, 0.4) is 0 Å². The summed E-state index contributed by atoms with van der Waals surface area (Å²) in [4.78, 5) is 25.9. The van der Waals surface area contributed by atoms with Crippen LogP contribution >= 0.6 is 0 Å². The maximum absolute atomic E-state index is 12.8. The molecular weight excluding hydrogens is 352 g/mol. The van der Waals surface area contributed by atoms with Crippen molar-refractivity contribution in [1.82, 2.24) is 0 Å². The van der Waals surface area contributed by atoms with E-state index in [1.807, 2.05) is 36.4 Å².